The summed E-state index contributed by atoms with van der Waals surface area (Å²) in [4.78, 5) is 2.35. The molecule has 17 heavy (non-hydrogen) atoms. The van der Waals surface area contributed by atoms with Gasteiger partial charge in [0.15, 0.2) is 9.84 Å². The van der Waals surface area contributed by atoms with Crippen molar-refractivity contribution in [2.45, 2.75) is 39.2 Å². The Kier molecular flexibility index (Phi) is 6.44. The zero-order chi connectivity index (χ0) is 12.7. The summed E-state index contributed by atoms with van der Waals surface area (Å²) in [7, 11) is -2.83. The van der Waals surface area contributed by atoms with Gasteiger partial charge in [-0.25, -0.2) is 8.42 Å². The van der Waals surface area contributed by atoms with Gasteiger partial charge in [0.05, 0.1) is 5.75 Å². The first-order chi connectivity index (χ1) is 8.09. The van der Waals surface area contributed by atoms with Gasteiger partial charge in [-0.05, 0) is 32.4 Å². The Morgan fingerprint density at radius 2 is 2.06 bits per heavy atom. The van der Waals surface area contributed by atoms with Crippen molar-refractivity contribution >= 4 is 9.84 Å². The highest BCUT2D eigenvalue weighted by atomic mass is 32.2. The SMILES string of the molecule is CCCN(CCS(=O)(=O)CC)C1CCCNC1. The summed E-state index contributed by atoms with van der Waals surface area (Å²) in [5.74, 6) is 0.565. The van der Waals surface area contributed by atoms with E-state index in [4.69, 9.17) is 0 Å². The van der Waals surface area contributed by atoms with E-state index in [-0.39, 0.29) is 5.75 Å². The van der Waals surface area contributed by atoms with Gasteiger partial charge in [-0.3, -0.25) is 4.90 Å². The number of hydrogen-bond donors (Lipinski definition) is 1. The standard InChI is InChI=1S/C12H26N2O2S/c1-3-8-14(9-10-17(15,16)4-2)12-6-5-7-13-11-12/h12-13H,3-11H2,1-2H3. The zero-order valence-electron chi connectivity index (χ0n) is 11.1. The molecule has 0 aliphatic carbocycles. The van der Waals surface area contributed by atoms with Crippen LogP contribution in [0.1, 0.15) is 33.1 Å². The molecule has 1 saturated heterocycles. The van der Waals surface area contributed by atoms with Crippen LogP contribution in [0.25, 0.3) is 0 Å². The molecule has 1 unspecified atom stereocenters. The molecule has 0 spiro atoms. The van der Waals surface area contributed by atoms with Crippen molar-refractivity contribution < 1.29 is 8.42 Å². The number of nitrogens with zero attached hydrogens (tertiary/aromatic N) is 1. The summed E-state index contributed by atoms with van der Waals surface area (Å²) in [6.45, 7) is 7.68. The van der Waals surface area contributed by atoms with Gasteiger partial charge >= 0.3 is 0 Å². The average molecular weight is 262 g/mol. The first kappa shape index (κ1) is 14.9. The molecule has 1 N–H and O–H groups in total. The third-order valence-corrected chi connectivity index (χ3v) is 5.11. The Morgan fingerprint density at radius 1 is 1.29 bits per heavy atom. The van der Waals surface area contributed by atoms with Gasteiger partial charge in [0.2, 0.25) is 0 Å². The fourth-order valence-electron chi connectivity index (χ4n) is 2.31. The van der Waals surface area contributed by atoms with E-state index in [1.807, 2.05) is 0 Å². The minimum Gasteiger partial charge on any atom is -0.315 e. The summed E-state index contributed by atoms with van der Waals surface area (Å²) in [5.41, 5.74) is 0. The van der Waals surface area contributed by atoms with Crippen LogP contribution in [-0.2, 0) is 9.84 Å². The first-order valence-electron chi connectivity index (χ1n) is 6.74. The molecule has 102 valence electrons. The molecule has 0 aromatic heterocycles. The second-order valence-electron chi connectivity index (χ2n) is 4.77. The second-order valence-corrected chi connectivity index (χ2v) is 7.25. The molecule has 0 aromatic rings. The Balaban J connectivity index is 2.47. The maximum atomic E-state index is 11.5. The predicted octanol–water partition coefficient (Wildman–Crippen LogP) is 0.885. The lowest BCUT2D eigenvalue weighted by molar-refractivity contribution is 0.175. The Hall–Kier alpha value is -0.130. The maximum Gasteiger partial charge on any atom is 0.151 e. The summed E-state index contributed by atoms with van der Waals surface area (Å²) < 4.78 is 23.1. The van der Waals surface area contributed by atoms with Crippen LogP contribution in [0, 0.1) is 0 Å². The lowest BCUT2D eigenvalue weighted by atomic mass is 10.1. The number of piperidine rings is 1. The third kappa shape index (κ3) is 5.36. The summed E-state index contributed by atoms with van der Waals surface area (Å²) in [6.07, 6.45) is 3.48. The van der Waals surface area contributed by atoms with Gasteiger partial charge in [0.25, 0.3) is 0 Å². The molecule has 0 aromatic carbocycles. The van der Waals surface area contributed by atoms with Crippen LogP contribution >= 0.6 is 0 Å². The molecular formula is C12H26N2O2S. The predicted molar refractivity (Wildman–Crippen MR) is 72.1 cm³/mol. The van der Waals surface area contributed by atoms with E-state index in [2.05, 4.69) is 17.1 Å². The minimum absolute atomic E-state index is 0.260. The topological polar surface area (TPSA) is 49.4 Å². The molecule has 0 bridgehead atoms. The Morgan fingerprint density at radius 3 is 2.59 bits per heavy atom. The normalized spacial score (nSPS) is 21.9. The van der Waals surface area contributed by atoms with Crippen LogP contribution in [0.4, 0.5) is 0 Å². The van der Waals surface area contributed by atoms with E-state index in [9.17, 15) is 8.42 Å². The summed E-state index contributed by atoms with van der Waals surface area (Å²) >= 11 is 0. The fraction of sp³-hybridized carbons (Fsp3) is 1.00. The highest BCUT2D eigenvalue weighted by Gasteiger charge is 2.21. The van der Waals surface area contributed by atoms with Crippen molar-refractivity contribution in [2.24, 2.45) is 0 Å². The van der Waals surface area contributed by atoms with Gasteiger partial charge in [-0.1, -0.05) is 13.8 Å². The molecule has 1 aliphatic heterocycles. The lowest BCUT2D eigenvalue weighted by Gasteiger charge is -2.34. The molecule has 0 saturated carbocycles. The van der Waals surface area contributed by atoms with E-state index in [1.165, 1.54) is 12.8 Å². The molecule has 0 amide bonds. The van der Waals surface area contributed by atoms with E-state index in [0.717, 1.165) is 26.1 Å². The molecule has 1 rings (SSSR count). The van der Waals surface area contributed by atoms with Crippen molar-refractivity contribution in [3.8, 4) is 0 Å². The van der Waals surface area contributed by atoms with Gasteiger partial charge < -0.3 is 5.32 Å². The van der Waals surface area contributed by atoms with Gasteiger partial charge in [-0.15, -0.1) is 0 Å². The van der Waals surface area contributed by atoms with Gasteiger partial charge in [0, 0.05) is 24.9 Å². The molecular weight excluding hydrogens is 236 g/mol. The highest BCUT2D eigenvalue weighted by molar-refractivity contribution is 7.91. The highest BCUT2D eigenvalue weighted by Crippen LogP contribution is 2.11. The Bertz CT molecular complexity index is 298. The van der Waals surface area contributed by atoms with Crippen molar-refractivity contribution in [2.75, 3.05) is 37.7 Å². The van der Waals surface area contributed by atoms with Crippen LogP contribution in [0.15, 0.2) is 0 Å². The molecule has 1 heterocycles. The lowest BCUT2D eigenvalue weighted by Crippen LogP contribution is -2.47. The molecule has 1 aliphatic rings. The summed E-state index contributed by atoms with van der Waals surface area (Å²) in [5, 5.41) is 3.39. The van der Waals surface area contributed by atoms with Crippen LogP contribution < -0.4 is 5.32 Å². The Labute approximate surface area is 106 Å². The van der Waals surface area contributed by atoms with Gasteiger partial charge in [0.1, 0.15) is 0 Å². The molecule has 1 atom stereocenters. The summed E-state index contributed by atoms with van der Waals surface area (Å²) in [6, 6.07) is 0.524. The molecule has 4 nitrogen and oxygen atoms in total. The average Bonchev–Trinajstić information content (AvgIpc) is 2.35. The second kappa shape index (κ2) is 7.34. The number of nitrogens with one attached hydrogen (secondary N) is 1. The quantitative estimate of drug-likeness (QED) is 0.740. The molecule has 0 radical (unpaired) electrons. The number of hydrogen-bond acceptors (Lipinski definition) is 4. The van der Waals surface area contributed by atoms with E-state index in [1.54, 1.807) is 6.92 Å². The van der Waals surface area contributed by atoms with E-state index in [0.29, 0.717) is 18.3 Å². The largest absolute Gasteiger partial charge is 0.315 e. The minimum atomic E-state index is -2.83. The smallest absolute Gasteiger partial charge is 0.151 e. The maximum absolute atomic E-state index is 11.5. The van der Waals surface area contributed by atoms with E-state index < -0.39 is 9.84 Å². The van der Waals surface area contributed by atoms with Gasteiger partial charge in [-0.2, -0.15) is 0 Å². The van der Waals surface area contributed by atoms with Crippen molar-refractivity contribution in [1.29, 1.82) is 0 Å². The third-order valence-electron chi connectivity index (χ3n) is 3.43. The fourth-order valence-corrected chi connectivity index (χ4v) is 3.11. The monoisotopic (exact) mass is 262 g/mol. The van der Waals surface area contributed by atoms with Crippen molar-refractivity contribution in [3.05, 3.63) is 0 Å². The first-order valence-corrected chi connectivity index (χ1v) is 8.56. The van der Waals surface area contributed by atoms with Crippen LogP contribution in [-0.4, -0.2) is 57.0 Å². The van der Waals surface area contributed by atoms with E-state index >= 15 is 0 Å². The van der Waals surface area contributed by atoms with Crippen molar-refractivity contribution in [1.82, 2.24) is 10.2 Å². The van der Waals surface area contributed by atoms with Crippen molar-refractivity contribution in [3.63, 3.8) is 0 Å². The van der Waals surface area contributed by atoms with Crippen LogP contribution in [0.3, 0.4) is 0 Å². The van der Waals surface area contributed by atoms with Crippen LogP contribution in [0.2, 0.25) is 0 Å². The number of rotatable bonds is 7. The van der Waals surface area contributed by atoms with Crippen LogP contribution in [0.5, 0.6) is 0 Å². The zero-order valence-corrected chi connectivity index (χ0v) is 11.9. The molecule has 5 heteroatoms. The number of sulfone groups is 1. The molecule has 1 fully saturated rings.